The van der Waals surface area contributed by atoms with Crippen molar-refractivity contribution in [1.82, 2.24) is 0 Å². The van der Waals surface area contributed by atoms with Gasteiger partial charge in [-0.15, -0.1) is 0 Å². The smallest absolute Gasteiger partial charge is 0.00550 e. The lowest BCUT2D eigenvalue weighted by Crippen LogP contribution is -1.98. The van der Waals surface area contributed by atoms with Gasteiger partial charge in [0.2, 0.25) is 0 Å². The van der Waals surface area contributed by atoms with Crippen molar-refractivity contribution in [2.24, 2.45) is 5.92 Å². The summed E-state index contributed by atoms with van der Waals surface area (Å²) in [5.74, 6) is 1.76. The highest BCUT2D eigenvalue weighted by atomic mass is 14.3. The highest BCUT2D eigenvalue weighted by Gasteiger charge is 2.24. The van der Waals surface area contributed by atoms with Crippen molar-refractivity contribution in [1.29, 1.82) is 0 Å². The Balaban J connectivity index is 1.59. The maximum absolute atomic E-state index is 2.53. The Morgan fingerprint density at radius 1 is 0.789 bits per heavy atom. The van der Waals surface area contributed by atoms with E-state index in [1.54, 1.807) is 22.3 Å². The lowest BCUT2D eigenvalue weighted by molar-refractivity contribution is 0.634. The summed E-state index contributed by atoms with van der Waals surface area (Å²) in [7, 11) is 0. The first-order chi connectivity index (χ1) is 9.40. The number of fused-ring (bicyclic) bond motifs is 1. The van der Waals surface area contributed by atoms with E-state index >= 15 is 0 Å². The minimum atomic E-state index is 0.856. The van der Waals surface area contributed by atoms with E-state index in [-0.39, 0.29) is 0 Å². The molecule has 0 aromatic heterocycles. The Hall–Kier alpha value is -1.04. The summed E-state index contributed by atoms with van der Waals surface area (Å²) in [5, 5.41) is 0. The topological polar surface area (TPSA) is 0 Å². The van der Waals surface area contributed by atoms with Crippen molar-refractivity contribution in [3.8, 4) is 0 Å². The number of hydrogen-bond donors (Lipinski definition) is 0. The van der Waals surface area contributed by atoms with Crippen LogP contribution in [0.1, 0.15) is 74.0 Å². The van der Waals surface area contributed by atoms with E-state index in [4.69, 9.17) is 0 Å². The third-order valence-corrected chi connectivity index (χ3v) is 5.61. The van der Waals surface area contributed by atoms with Crippen LogP contribution in [0.25, 0.3) is 6.08 Å². The van der Waals surface area contributed by atoms with Crippen molar-refractivity contribution in [3.05, 3.63) is 40.5 Å². The van der Waals surface area contributed by atoms with Crippen LogP contribution in [-0.4, -0.2) is 0 Å². The molecule has 2 saturated carbocycles. The van der Waals surface area contributed by atoms with Crippen LogP contribution >= 0.6 is 0 Å². The molecule has 3 aliphatic carbocycles. The molecule has 0 spiro atoms. The summed E-state index contributed by atoms with van der Waals surface area (Å²) < 4.78 is 0. The van der Waals surface area contributed by atoms with Gasteiger partial charge in [0.1, 0.15) is 0 Å². The predicted octanol–water partition coefficient (Wildman–Crippen LogP) is 5.47. The second-order valence-corrected chi connectivity index (χ2v) is 6.82. The monoisotopic (exact) mass is 252 g/mol. The zero-order valence-electron chi connectivity index (χ0n) is 11.8. The maximum Gasteiger partial charge on any atom is -0.00550 e. The number of hydrogen-bond acceptors (Lipinski definition) is 0. The molecule has 0 saturated heterocycles. The van der Waals surface area contributed by atoms with Crippen LogP contribution in [0, 0.1) is 5.92 Å². The molecule has 0 nitrogen and oxygen atoms in total. The number of allylic oxidation sites excluding steroid dienone is 1. The average Bonchev–Trinajstić information content (AvgIpc) is 3.18. The van der Waals surface area contributed by atoms with E-state index in [9.17, 15) is 0 Å². The zero-order valence-corrected chi connectivity index (χ0v) is 11.8. The molecule has 0 heteroatoms. The molecule has 3 aliphatic rings. The van der Waals surface area contributed by atoms with Gasteiger partial charge in [0.25, 0.3) is 0 Å². The highest BCUT2D eigenvalue weighted by Crippen LogP contribution is 2.40. The minimum Gasteiger partial charge on any atom is -0.0621 e. The third kappa shape index (κ3) is 2.16. The van der Waals surface area contributed by atoms with Gasteiger partial charge in [0.05, 0.1) is 0 Å². The third-order valence-electron chi connectivity index (χ3n) is 5.61. The first-order valence-corrected chi connectivity index (χ1v) is 8.23. The normalized spacial score (nSPS) is 23.9. The molecule has 19 heavy (non-hydrogen) atoms. The zero-order chi connectivity index (χ0) is 12.7. The molecule has 0 radical (unpaired) electrons. The van der Waals surface area contributed by atoms with Gasteiger partial charge in [0, 0.05) is 0 Å². The van der Waals surface area contributed by atoms with Gasteiger partial charge in [-0.1, -0.05) is 55.5 Å². The van der Waals surface area contributed by atoms with E-state index in [0.717, 1.165) is 11.8 Å². The van der Waals surface area contributed by atoms with Crippen molar-refractivity contribution < 1.29 is 0 Å². The van der Waals surface area contributed by atoms with E-state index in [1.165, 1.54) is 57.8 Å². The van der Waals surface area contributed by atoms with Gasteiger partial charge in [-0.2, -0.15) is 0 Å². The maximum atomic E-state index is 2.53. The van der Waals surface area contributed by atoms with Crippen molar-refractivity contribution in [2.45, 2.75) is 63.7 Å². The van der Waals surface area contributed by atoms with E-state index in [1.807, 2.05) is 0 Å². The molecular formula is C19H24. The van der Waals surface area contributed by atoms with E-state index < -0.39 is 0 Å². The van der Waals surface area contributed by atoms with Gasteiger partial charge < -0.3 is 0 Å². The van der Waals surface area contributed by atoms with Gasteiger partial charge in [-0.05, 0) is 60.6 Å². The fraction of sp³-hybridized carbons (Fsp3) is 0.579. The Morgan fingerprint density at radius 3 is 2.21 bits per heavy atom. The molecule has 1 aromatic rings. The Kier molecular flexibility index (Phi) is 2.98. The number of rotatable bonds is 2. The Morgan fingerprint density at radius 2 is 1.47 bits per heavy atom. The van der Waals surface area contributed by atoms with Crippen LogP contribution in [-0.2, 0) is 6.42 Å². The summed E-state index contributed by atoms with van der Waals surface area (Å²) in [6.45, 7) is 0. The van der Waals surface area contributed by atoms with Crippen LogP contribution in [0.2, 0.25) is 0 Å². The first-order valence-electron chi connectivity index (χ1n) is 8.23. The Bertz CT molecular complexity index is 497. The average molecular weight is 252 g/mol. The Labute approximate surface area is 116 Å². The molecule has 0 amide bonds. The van der Waals surface area contributed by atoms with Gasteiger partial charge in [-0.3, -0.25) is 0 Å². The molecule has 2 fully saturated rings. The standard InChI is InChI=1S/C19H24/c1-2-6-14(5-1)16-9-10-17-12-18(13-19(17)11-16)15-7-3-4-8-15/h9-11,13-15H,1-8,12H2. The summed E-state index contributed by atoms with van der Waals surface area (Å²) in [5.41, 5.74) is 6.48. The molecule has 0 N–H and O–H groups in total. The largest absolute Gasteiger partial charge is 0.0621 e. The second kappa shape index (κ2) is 4.81. The lowest BCUT2D eigenvalue weighted by Gasteiger charge is -2.11. The molecule has 0 aliphatic heterocycles. The molecule has 0 unspecified atom stereocenters. The van der Waals surface area contributed by atoms with Crippen LogP contribution in [0.15, 0.2) is 23.8 Å². The molecule has 1 aromatic carbocycles. The predicted molar refractivity (Wildman–Crippen MR) is 81.3 cm³/mol. The van der Waals surface area contributed by atoms with Gasteiger partial charge >= 0.3 is 0 Å². The van der Waals surface area contributed by atoms with Crippen molar-refractivity contribution >= 4 is 6.08 Å². The molecule has 4 rings (SSSR count). The first kappa shape index (κ1) is 11.8. The summed E-state index contributed by atoms with van der Waals surface area (Å²) in [4.78, 5) is 0. The molecule has 100 valence electrons. The molecule has 0 atom stereocenters. The lowest BCUT2D eigenvalue weighted by atomic mass is 9.94. The molecular weight excluding hydrogens is 228 g/mol. The fourth-order valence-corrected chi connectivity index (χ4v) is 4.45. The van der Waals surface area contributed by atoms with E-state index in [0.29, 0.717) is 0 Å². The van der Waals surface area contributed by atoms with Gasteiger partial charge in [0.15, 0.2) is 0 Å². The van der Waals surface area contributed by atoms with Crippen molar-refractivity contribution in [2.75, 3.05) is 0 Å². The SMILES string of the molecule is C1=C(C2CCCC2)Cc2ccc(C3CCCC3)cc21. The van der Waals surface area contributed by atoms with Crippen LogP contribution < -0.4 is 0 Å². The van der Waals surface area contributed by atoms with Crippen LogP contribution in [0.3, 0.4) is 0 Å². The van der Waals surface area contributed by atoms with Crippen LogP contribution in [0.5, 0.6) is 0 Å². The fourth-order valence-electron chi connectivity index (χ4n) is 4.45. The van der Waals surface area contributed by atoms with Gasteiger partial charge in [-0.25, -0.2) is 0 Å². The number of benzene rings is 1. The van der Waals surface area contributed by atoms with E-state index in [2.05, 4.69) is 24.3 Å². The van der Waals surface area contributed by atoms with Crippen LogP contribution in [0.4, 0.5) is 0 Å². The molecule has 0 bridgehead atoms. The summed E-state index contributed by atoms with van der Waals surface area (Å²) in [6.07, 6.45) is 15.3. The quantitative estimate of drug-likeness (QED) is 0.654. The summed E-state index contributed by atoms with van der Waals surface area (Å²) in [6, 6.07) is 7.34. The summed E-state index contributed by atoms with van der Waals surface area (Å²) >= 11 is 0. The minimum absolute atomic E-state index is 0.856. The molecule has 0 heterocycles. The second-order valence-electron chi connectivity index (χ2n) is 6.82. The van der Waals surface area contributed by atoms with Crippen molar-refractivity contribution in [3.63, 3.8) is 0 Å². The highest BCUT2D eigenvalue weighted by molar-refractivity contribution is 5.65.